The number of hydrogen-bond donors (Lipinski definition) is 0. The van der Waals surface area contributed by atoms with Crippen molar-refractivity contribution in [1.29, 1.82) is 0 Å². The smallest absolute Gasteiger partial charge is 0.218 e. The molecule has 0 unspecified atom stereocenters. The summed E-state index contributed by atoms with van der Waals surface area (Å²) < 4.78 is 5.29. The van der Waals surface area contributed by atoms with Gasteiger partial charge in [-0.3, -0.25) is 9.78 Å². The molecule has 2 rings (SSSR count). The van der Waals surface area contributed by atoms with E-state index in [2.05, 4.69) is 9.97 Å². The van der Waals surface area contributed by atoms with Crippen LogP contribution in [0.3, 0.4) is 0 Å². The van der Waals surface area contributed by atoms with Crippen LogP contribution in [0.2, 0.25) is 5.15 Å². The molecule has 5 heteroatoms. The van der Waals surface area contributed by atoms with Gasteiger partial charge >= 0.3 is 0 Å². The van der Waals surface area contributed by atoms with Crippen molar-refractivity contribution in [3.63, 3.8) is 0 Å². The summed E-state index contributed by atoms with van der Waals surface area (Å²) in [6, 6.07) is 8.33. The second-order valence-electron chi connectivity index (χ2n) is 3.24. The Morgan fingerprint density at radius 1 is 1.24 bits per heavy atom. The molecule has 0 fully saturated rings. The Morgan fingerprint density at radius 2 is 2.12 bits per heavy atom. The predicted octanol–water partition coefficient (Wildman–Crippen LogP) is 2.39. The minimum Gasteiger partial charge on any atom is -0.485 e. The van der Waals surface area contributed by atoms with Crippen molar-refractivity contribution in [1.82, 2.24) is 9.97 Å². The van der Waals surface area contributed by atoms with Crippen molar-refractivity contribution in [3.8, 4) is 5.75 Å². The van der Waals surface area contributed by atoms with Gasteiger partial charge in [0.1, 0.15) is 16.6 Å². The lowest BCUT2D eigenvalue weighted by Gasteiger charge is -2.04. The lowest BCUT2D eigenvalue weighted by atomic mass is 10.2. The van der Waals surface area contributed by atoms with Gasteiger partial charge in [-0.25, -0.2) is 4.98 Å². The largest absolute Gasteiger partial charge is 0.485 e. The van der Waals surface area contributed by atoms with Crippen LogP contribution in [-0.2, 0) is 0 Å². The average molecular weight is 249 g/mol. The lowest BCUT2D eigenvalue weighted by Crippen LogP contribution is -2.12. The lowest BCUT2D eigenvalue weighted by molar-refractivity contribution is 0.0916. The molecule has 2 aromatic heterocycles. The van der Waals surface area contributed by atoms with E-state index >= 15 is 0 Å². The minimum atomic E-state index is -0.182. The highest BCUT2D eigenvalue weighted by atomic mass is 35.5. The molecule has 0 saturated heterocycles. The molecule has 0 aliphatic carbocycles. The minimum absolute atomic E-state index is 0.0721. The average Bonchev–Trinajstić information content (AvgIpc) is 2.37. The van der Waals surface area contributed by atoms with Crippen LogP contribution in [0.15, 0.2) is 42.7 Å². The molecular formula is C12H9ClN2O2. The predicted molar refractivity (Wildman–Crippen MR) is 63.3 cm³/mol. The van der Waals surface area contributed by atoms with E-state index in [1.807, 2.05) is 0 Å². The van der Waals surface area contributed by atoms with Crippen molar-refractivity contribution in [3.05, 3.63) is 53.6 Å². The molecule has 2 aromatic rings. The second-order valence-corrected chi connectivity index (χ2v) is 3.63. The van der Waals surface area contributed by atoms with E-state index in [1.165, 1.54) is 6.20 Å². The first-order valence-electron chi connectivity index (χ1n) is 4.94. The molecule has 0 atom stereocenters. The van der Waals surface area contributed by atoms with Crippen LogP contribution < -0.4 is 4.74 Å². The second kappa shape index (κ2) is 5.41. The van der Waals surface area contributed by atoms with Gasteiger partial charge in [-0.1, -0.05) is 17.7 Å². The molecule has 17 heavy (non-hydrogen) atoms. The summed E-state index contributed by atoms with van der Waals surface area (Å²) in [6.45, 7) is -0.0721. The van der Waals surface area contributed by atoms with Gasteiger partial charge < -0.3 is 4.74 Å². The highest BCUT2D eigenvalue weighted by molar-refractivity contribution is 6.29. The topological polar surface area (TPSA) is 52.1 Å². The number of rotatable bonds is 4. The molecule has 0 saturated carbocycles. The van der Waals surface area contributed by atoms with Crippen LogP contribution in [0.25, 0.3) is 0 Å². The third-order valence-electron chi connectivity index (χ3n) is 2.02. The maximum atomic E-state index is 11.7. The summed E-state index contributed by atoms with van der Waals surface area (Å²) in [5, 5.41) is 0.327. The van der Waals surface area contributed by atoms with Crippen molar-refractivity contribution < 1.29 is 9.53 Å². The molecular weight excluding hydrogens is 240 g/mol. The summed E-state index contributed by atoms with van der Waals surface area (Å²) in [5.41, 5.74) is 0.382. The fourth-order valence-corrected chi connectivity index (χ4v) is 1.39. The highest BCUT2D eigenvalue weighted by Crippen LogP contribution is 2.14. The van der Waals surface area contributed by atoms with Crippen LogP contribution in [0.1, 0.15) is 10.5 Å². The number of aromatic nitrogens is 2. The molecule has 4 nitrogen and oxygen atoms in total. The Balaban J connectivity index is 1.97. The van der Waals surface area contributed by atoms with Crippen LogP contribution in [0.4, 0.5) is 0 Å². The maximum absolute atomic E-state index is 11.7. The zero-order valence-corrected chi connectivity index (χ0v) is 9.59. The van der Waals surface area contributed by atoms with Crippen LogP contribution in [0, 0.1) is 0 Å². The van der Waals surface area contributed by atoms with Gasteiger partial charge in [-0.05, 0) is 18.2 Å². The highest BCUT2D eigenvalue weighted by Gasteiger charge is 2.07. The summed E-state index contributed by atoms with van der Waals surface area (Å²) >= 11 is 5.69. The van der Waals surface area contributed by atoms with E-state index in [4.69, 9.17) is 16.3 Å². The molecule has 0 bridgehead atoms. The van der Waals surface area contributed by atoms with E-state index in [0.717, 1.165) is 0 Å². The molecule has 86 valence electrons. The molecule has 2 heterocycles. The monoisotopic (exact) mass is 248 g/mol. The van der Waals surface area contributed by atoms with Gasteiger partial charge in [-0.2, -0.15) is 0 Å². The summed E-state index contributed by atoms with van der Waals surface area (Å²) in [7, 11) is 0. The summed E-state index contributed by atoms with van der Waals surface area (Å²) in [5.74, 6) is 0.327. The Bertz CT molecular complexity index is 517. The number of carbonyl (C=O) groups excluding carboxylic acids is 1. The Hall–Kier alpha value is -1.94. The Kier molecular flexibility index (Phi) is 3.67. The normalized spacial score (nSPS) is 9.94. The zero-order valence-electron chi connectivity index (χ0n) is 8.84. The van der Waals surface area contributed by atoms with Crippen molar-refractivity contribution in [2.75, 3.05) is 6.61 Å². The van der Waals surface area contributed by atoms with Gasteiger partial charge in [-0.15, -0.1) is 0 Å². The van der Waals surface area contributed by atoms with Crippen molar-refractivity contribution in [2.45, 2.75) is 0 Å². The maximum Gasteiger partial charge on any atom is 0.218 e. The molecule has 0 aliphatic heterocycles. The number of ether oxygens (including phenoxy) is 1. The molecule has 0 N–H and O–H groups in total. The Morgan fingerprint density at radius 3 is 2.82 bits per heavy atom. The summed E-state index contributed by atoms with van der Waals surface area (Å²) in [6.07, 6.45) is 3.08. The first-order chi connectivity index (χ1) is 8.25. The van der Waals surface area contributed by atoms with Gasteiger partial charge in [0.2, 0.25) is 5.78 Å². The zero-order chi connectivity index (χ0) is 12.1. The molecule has 0 aliphatic rings. The quantitative estimate of drug-likeness (QED) is 0.616. The van der Waals surface area contributed by atoms with Crippen LogP contribution in [0.5, 0.6) is 5.75 Å². The number of ketones is 1. The standard InChI is InChI=1S/C12H9ClN2O2/c13-12-7-9(4-6-15-12)17-8-11(16)10-3-1-2-5-14-10/h1-7H,8H2. The van der Waals surface area contributed by atoms with Gasteiger partial charge in [0, 0.05) is 18.5 Å². The van der Waals surface area contributed by atoms with Crippen molar-refractivity contribution >= 4 is 17.4 Å². The molecule has 0 amide bonds. The number of Topliss-reactive ketones (excluding diaryl/α,β-unsaturated/α-hetero) is 1. The number of halogens is 1. The van der Waals surface area contributed by atoms with Gasteiger partial charge in [0.25, 0.3) is 0 Å². The van der Waals surface area contributed by atoms with E-state index < -0.39 is 0 Å². The first kappa shape index (κ1) is 11.5. The number of nitrogens with zero attached hydrogens (tertiary/aromatic N) is 2. The van der Waals surface area contributed by atoms with E-state index in [9.17, 15) is 4.79 Å². The van der Waals surface area contributed by atoms with E-state index in [-0.39, 0.29) is 12.4 Å². The van der Waals surface area contributed by atoms with Gasteiger partial charge in [0.05, 0.1) is 0 Å². The van der Waals surface area contributed by atoms with Crippen molar-refractivity contribution in [2.24, 2.45) is 0 Å². The van der Waals surface area contributed by atoms with E-state index in [0.29, 0.717) is 16.6 Å². The SMILES string of the molecule is O=C(COc1ccnc(Cl)c1)c1ccccn1. The molecule has 0 aromatic carbocycles. The fourth-order valence-electron chi connectivity index (χ4n) is 1.23. The summed E-state index contributed by atoms with van der Waals surface area (Å²) in [4.78, 5) is 19.4. The van der Waals surface area contributed by atoms with Gasteiger partial charge in [0.15, 0.2) is 6.61 Å². The van der Waals surface area contributed by atoms with E-state index in [1.54, 1.807) is 36.5 Å². The third kappa shape index (κ3) is 3.26. The fraction of sp³-hybridized carbons (Fsp3) is 0.0833. The number of carbonyl (C=O) groups is 1. The molecule has 0 spiro atoms. The number of hydrogen-bond acceptors (Lipinski definition) is 4. The van der Waals surface area contributed by atoms with Crippen LogP contribution >= 0.6 is 11.6 Å². The Labute approximate surface area is 103 Å². The third-order valence-corrected chi connectivity index (χ3v) is 2.23. The van der Waals surface area contributed by atoms with Crippen LogP contribution in [-0.4, -0.2) is 22.4 Å². The number of pyridine rings is 2. The molecule has 0 radical (unpaired) electrons. The first-order valence-corrected chi connectivity index (χ1v) is 5.32.